The first-order valence-electron chi connectivity index (χ1n) is 10.5. The molecular formula is C23H23N5OS. The van der Waals surface area contributed by atoms with E-state index < -0.39 is 0 Å². The number of benzene rings is 2. The summed E-state index contributed by atoms with van der Waals surface area (Å²) in [6, 6.07) is 16.9. The van der Waals surface area contributed by atoms with Gasteiger partial charge in [0.2, 0.25) is 0 Å². The summed E-state index contributed by atoms with van der Waals surface area (Å²) in [5.74, 6) is 1.42. The van der Waals surface area contributed by atoms with Crippen LogP contribution in [-0.2, 0) is 6.42 Å². The van der Waals surface area contributed by atoms with Gasteiger partial charge in [-0.1, -0.05) is 47.7 Å². The summed E-state index contributed by atoms with van der Waals surface area (Å²) in [5, 5.41) is 13.8. The normalized spacial score (nSPS) is 23.1. The minimum Gasteiger partial charge on any atom is -0.295 e. The van der Waals surface area contributed by atoms with Gasteiger partial charge in [-0.3, -0.25) is 9.36 Å². The molecule has 6 rings (SSSR count). The lowest BCUT2D eigenvalue weighted by molar-refractivity contribution is 0.173. The maximum Gasteiger partial charge on any atom is 0.252 e. The van der Waals surface area contributed by atoms with Gasteiger partial charge in [-0.2, -0.15) is 5.01 Å². The second kappa shape index (κ2) is 6.96. The molecule has 1 aliphatic carbocycles. The second-order valence-corrected chi connectivity index (χ2v) is 9.41. The first kappa shape index (κ1) is 18.2. The number of hydrogen-bond donors (Lipinski definition) is 1. The Morgan fingerprint density at radius 2 is 1.97 bits per heavy atom. The summed E-state index contributed by atoms with van der Waals surface area (Å²) in [6.07, 6.45) is 3.08. The Morgan fingerprint density at radius 3 is 2.77 bits per heavy atom. The Morgan fingerprint density at radius 1 is 1.13 bits per heavy atom. The van der Waals surface area contributed by atoms with Crippen molar-refractivity contribution in [2.45, 2.75) is 42.4 Å². The highest BCUT2D eigenvalue weighted by Gasteiger charge is 2.40. The van der Waals surface area contributed by atoms with Crippen molar-refractivity contribution in [3.8, 4) is 0 Å². The van der Waals surface area contributed by atoms with Crippen LogP contribution in [0.5, 0.6) is 0 Å². The molecule has 1 saturated carbocycles. The minimum absolute atomic E-state index is 0.00496. The molecule has 7 heteroatoms. The maximum absolute atomic E-state index is 13.3. The third-order valence-electron chi connectivity index (χ3n) is 6.42. The lowest BCUT2D eigenvalue weighted by Crippen LogP contribution is -2.41. The molecule has 3 aliphatic rings. The van der Waals surface area contributed by atoms with E-state index in [1.807, 2.05) is 34.5 Å². The van der Waals surface area contributed by atoms with Crippen molar-refractivity contribution < 1.29 is 0 Å². The van der Waals surface area contributed by atoms with Crippen LogP contribution in [0.2, 0.25) is 0 Å². The molecular weight excluding hydrogens is 394 g/mol. The van der Waals surface area contributed by atoms with Crippen LogP contribution in [0.1, 0.15) is 41.5 Å². The zero-order valence-corrected chi connectivity index (χ0v) is 17.6. The number of aromatic nitrogens is 1. The number of nitrogens with one attached hydrogen (secondary N) is 1. The number of likely N-dealkylation sites (N-methyl/N-ethyl adjacent to an activating group) is 1. The van der Waals surface area contributed by atoms with Crippen LogP contribution >= 0.6 is 11.8 Å². The average molecular weight is 418 g/mol. The van der Waals surface area contributed by atoms with Crippen molar-refractivity contribution in [3.05, 3.63) is 75.6 Å². The van der Waals surface area contributed by atoms with E-state index in [1.165, 1.54) is 40.3 Å². The van der Waals surface area contributed by atoms with Gasteiger partial charge in [0.1, 0.15) is 0 Å². The van der Waals surface area contributed by atoms with Crippen LogP contribution in [-0.4, -0.2) is 28.5 Å². The third-order valence-corrected chi connectivity index (χ3v) is 7.62. The van der Waals surface area contributed by atoms with Crippen LogP contribution in [0, 0.1) is 0 Å². The standard InChI is InChI=1S/C23H23N5OS/c1-27-22(24-25-26-27)19-13-30-23-21(15-9-10-15)17(12-20(29)28(19)23)11-16-7-4-6-14-5-2-3-8-18(14)16/h2-8,12,15,19,22H,9-11,13H2,1H3,(H,24,26)/t19-,22?/m0/s1. The van der Waals surface area contributed by atoms with Gasteiger partial charge < -0.3 is 0 Å². The molecule has 152 valence electrons. The summed E-state index contributed by atoms with van der Waals surface area (Å²) in [6.45, 7) is 0. The molecule has 3 heterocycles. The number of pyridine rings is 1. The summed E-state index contributed by atoms with van der Waals surface area (Å²) >= 11 is 1.81. The Kier molecular flexibility index (Phi) is 4.21. The molecule has 3 aromatic rings. The van der Waals surface area contributed by atoms with Crippen LogP contribution < -0.4 is 11.1 Å². The molecule has 2 aromatic carbocycles. The molecule has 1 N–H and O–H groups in total. The predicted octanol–water partition coefficient (Wildman–Crippen LogP) is 4.26. The number of thioether (sulfide) groups is 1. The van der Waals surface area contributed by atoms with Gasteiger partial charge in [0.05, 0.1) is 11.1 Å². The van der Waals surface area contributed by atoms with E-state index in [4.69, 9.17) is 0 Å². The van der Waals surface area contributed by atoms with Crippen molar-refractivity contribution in [3.63, 3.8) is 0 Å². The SMILES string of the molecule is CN1NN=NC1[C@@H]1CSc2c(C3CC3)c(Cc3cccc4ccccc34)cc(=O)n21. The Balaban J connectivity index is 1.46. The average Bonchev–Trinajstić information content (AvgIpc) is 3.34. The van der Waals surface area contributed by atoms with E-state index in [1.54, 1.807) is 0 Å². The van der Waals surface area contributed by atoms with Crippen molar-refractivity contribution in [2.75, 3.05) is 12.8 Å². The molecule has 0 amide bonds. The van der Waals surface area contributed by atoms with Crippen molar-refractivity contribution in [2.24, 2.45) is 10.3 Å². The van der Waals surface area contributed by atoms with Crippen LogP contribution in [0.4, 0.5) is 0 Å². The topological polar surface area (TPSA) is 62.0 Å². The lowest BCUT2D eigenvalue weighted by atomic mass is 9.95. The summed E-state index contributed by atoms with van der Waals surface area (Å²) < 4.78 is 1.98. The highest BCUT2D eigenvalue weighted by Crippen LogP contribution is 2.49. The summed E-state index contributed by atoms with van der Waals surface area (Å²) in [4.78, 5) is 13.3. The number of rotatable bonds is 4. The highest BCUT2D eigenvalue weighted by atomic mass is 32.2. The number of hydrazine groups is 1. The fourth-order valence-corrected chi connectivity index (χ4v) is 6.28. The van der Waals surface area contributed by atoms with Crippen LogP contribution in [0.25, 0.3) is 10.8 Å². The molecule has 0 spiro atoms. The van der Waals surface area contributed by atoms with Crippen LogP contribution in [0.3, 0.4) is 0 Å². The van der Waals surface area contributed by atoms with Gasteiger partial charge in [0.25, 0.3) is 5.56 Å². The van der Waals surface area contributed by atoms with Crippen molar-refractivity contribution in [1.29, 1.82) is 0 Å². The van der Waals surface area contributed by atoms with E-state index in [2.05, 4.69) is 58.3 Å². The van der Waals surface area contributed by atoms with Gasteiger partial charge in [0, 0.05) is 18.9 Å². The Hall–Kier alpha value is -2.64. The lowest BCUT2D eigenvalue weighted by Gasteiger charge is -2.24. The van der Waals surface area contributed by atoms with Gasteiger partial charge in [-0.15, -0.1) is 16.9 Å². The number of hydrogen-bond acceptors (Lipinski definition) is 6. The van der Waals surface area contributed by atoms with Gasteiger partial charge >= 0.3 is 0 Å². The quantitative estimate of drug-likeness (QED) is 0.689. The van der Waals surface area contributed by atoms with Crippen molar-refractivity contribution >= 4 is 22.5 Å². The highest BCUT2D eigenvalue weighted by molar-refractivity contribution is 7.99. The predicted molar refractivity (Wildman–Crippen MR) is 119 cm³/mol. The first-order chi connectivity index (χ1) is 14.7. The number of fused-ring (bicyclic) bond motifs is 2. The van der Waals surface area contributed by atoms with Crippen LogP contribution in [0.15, 0.2) is 68.7 Å². The van der Waals surface area contributed by atoms with Crippen molar-refractivity contribution in [1.82, 2.24) is 15.1 Å². The molecule has 0 saturated heterocycles. The van der Waals surface area contributed by atoms with Gasteiger partial charge in [-0.05, 0) is 52.6 Å². The smallest absolute Gasteiger partial charge is 0.252 e. The molecule has 30 heavy (non-hydrogen) atoms. The molecule has 1 aromatic heterocycles. The Labute approximate surface area is 178 Å². The van der Waals surface area contributed by atoms with E-state index in [0.29, 0.717) is 5.92 Å². The largest absolute Gasteiger partial charge is 0.295 e. The zero-order valence-electron chi connectivity index (χ0n) is 16.8. The van der Waals surface area contributed by atoms with E-state index in [-0.39, 0.29) is 17.8 Å². The molecule has 1 unspecified atom stereocenters. The number of nitrogens with zero attached hydrogens (tertiary/aromatic N) is 4. The van der Waals surface area contributed by atoms with E-state index in [0.717, 1.165) is 17.2 Å². The molecule has 1 fully saturated rings. The van der Waals surface area contributed by atoms with E-state index >= 15 is 0 Å². The fraction of sp³-hybridized carbons (Fsp3) is 0.348. The zero-order chi connectivity index (χ0) is 20.2. The Bertz CT molecular complexity index is 1230. The molecule has 0 radical (unpaired) electrons. The minimum atomic E-state index is -0.146. The summed E-state index contributed by atoms with van der Waals surface area (Å²) in [7, 11) is 1.93. The summed E-state index contributed by atoms with van der Waals surface area (Å²) in [5.41, 5.74) is 6.82. The second-order valence-electron chi connectivity index (χ2n) is 8.40. The molecule has 6 nitrogen and oxygen atoms in total. The van der Waals surface area contributed by atoms with Gasteiger partial charge in [0.15, 0.2) is 6.17 Å². The third kappa shape index (κ3) is 2.87. The van der Waals surface area contributed by atoms with Gasteiger partial charge in [-0.25, -0.2) is 5.53 Å². The fourth-order valence-electron chi connectivity index (χ4n) is 4.82. The molecule has 2 aliphatic heterocycles. The first-order valence-corrected chi connectivity index (χ1v) is 11.5. The monoisotopic (exact) mass is 417 g/mol. The molecule has 2 atom stereocenters. The molecule has 0 bridgehead atoms. The maximum atomic E-state index is 13.3. The van der Waals surface area contributed by atoms with E-state index in [9.17, 15) is 4.79 Å².